The molecular formula is C13H20N4O. The molecule has 1 N–H and O–H groups in total. The van der Waals surface area contributed by atoms with E-state index in [-0.39, 0.29) is 11.9 Å². The van der Waals surface area contributed by atoms with Crippen molar-refractivity contribution < 1.29 is 4.79 Å². The van der Waals surface area contributed by atoms with Gasteiger partial charge in [-0.2, -0.15) is 0 Å². The van der Waals surface area contributed by atoms with Crippen LogP contribution in [0.4, 0.5) is 0 Å². The maximum atomic E-state index is 12.1. The average Bonchev–Trinajstić information content (AvgIpc) is 2.39. The molecule has 5 nitrogen and oxygen atoms in total. The van der Waals surface area contributed by atoms with Crippen LogP contribution < -0.4 is 5.32 Å². The number of likely N-dealkylation sites (N-methyl/N-ethyl adjacent to an activating group) is 1. The standard InChI is InChI=1S/C13H20N4O/c1-10-6-7-15-13(16-10)11-5-3-4-8-17(11)12(18)9-14-2/h6-7,11,14H,3-5,8-9H2,1-2H3/t11-/m0/s1. The molecule has 1 saturated heterocycles. The molecule has 0 aliphatic carbocycles. The molecule has 18 heavy (non-hydrogen) atoms. The van der Waals surface area contributed by atoms with E-state index < -0.39 is 0 Å². The fourth-order valence-electron chi connectivity index (χ4n) is 2.38. The van der Waals surface area contributed by atoms with Crippen molar-refractivity contribution in [2.75, 3.05) is 20.1 Å². The van der Waals surface area contributed by atoms with Crippen molar-refractivity contribution in [3.8, 4) is 0 Å². The van der Waals surface area contributed by atoms with Crippen molar-refractivity contribution in [3.63, 3.8) is 0 Å². The van der Waals surface area contributed by atoms with Crippen LogP contribution >= 0.6 is 0 Å². The summed E-state index contributed by atoms with van der Waals surface area (Å²) in [7, 11) is 1.79. The van der Waals surface area contributed by atoms with E-state index in [0.717, 1.165) is 37.3 Å². The third kappa shape index (κ3) is 2.85. The number of piperidine rings is 1. The van der Waals surface area contributed by atoms with Crippen molar-refractivity contribution in [1.82, 2.24) is 20.2 Å². The summed E-state index contributed by atoms with van der Waals surface area (Å²) in [6.07, 6.45) is 4.93. The van der Waals surface area contributed by atoms with Crippen LogP contribution in [0.5, 0.6) is 0 Å². The SMILES string of the molecule is CNCC(=O)N1CCCC[C@H]1c1nccc(C)n1. The molecule has 0 bridgehead atoms. The molecule has 1 aliphatic heterocycles. The highest BCUT2D eigenvalue weighted by atomic mass is 16.2. The highest BCUT2D eigenvalue weighted by Crippen LogP contribution is 2.28. The van der Waals surface area contributed by atoms with E-state index in [4.69, 9.17) is 0 Å². The Hall–Kier alpha value is -1.49. The molecule has 2 rings (SSSR count). The second kappa shape index (κ2) is 5.91. The van der Waals surface area contributed by atoms with Gasteiger partial charge in [0.15, 0.2) is 5.82 Å². The maximum Gasteiger partial charge on any atom is 0.237 e. The number of nitrogens with one attached hydrogen (secondary N) is 1. The number of hydrogen-bond donors (Lipinski definition) is 1. The van der Waals surface area contributed by atoms with E-state index in [2.05, 4.69) is 15.3 Å². The summed E-state index contributed by atoms with van der Waals surface area (Å²) in [5.41, 5.74) is 0.951. The summed E-state index contributed by atoms with van der Waals surface area (Å²) >= 11 is 0. The predicted molar refractivity (Wildman–Crippen MR) is 69.0 cm³/mol. The molecule has 1 atom stereocenters. The van der Waals surface area contributed by atoms with Crippen LogP contribution in [0.3, 0.4) is 0 Å². The monoisotopic (exact) mass is 248 g/mol. The normalized spacial score (nSPS) is 19.9. The first-order valence-electron chi connectivity index (χ1n) is 6.46. The summed E-state index contributed by atoms with van der Waals surface area (Å²) in [4.78, 5) is 22.8. The number of aryl methyl sites for hydroxylation is 1. The Kier molecular flexibility index (Phi) is 4.25. The number of likely N-dealkylation sites (tertiary alicyclic amines) is 1. The van der Waals surface area contributed by atoms with Crippen LogP contribution in [-0.4, -0.2) is 40.9 Å². The van der Waals surface area contributed by atoms with Crippen LogP contribution in [0.25, 0.3) is 0 Å². The van der Waals surface area contributed by atoms with E-state index >= 15 is 0 Å². The van der Waals surface area contributed by atoms with E-state index in [1.54, 1.807) is 13.2 Å². The average molecular weight is 248 g/mol. The third-order valence-electron chi connectivity index (χ3n) is 3.26. The van der Waals surface area contributed by atoms with Crippen molar-refractivity contribution in [1.29, 1.82) is 0 Å². The summed E-state index contributed by atoms with van der Waals surface area (Å²) in [5.74, 6) is 0.909. The molecule has 0 spiro atoms. The molecule has 1 aliphatic rings. The van der Waals surface area contributed by atoms with Crippen molar-refractivity contribution in [2.45, 2.75) is 32.2 Å². The molecule has 2 heterocycles. The number of nitrogens with zero attached hydrogens (tertiary/aromatic N) is 3. The third-order valence-corrected chi connectivity index (χ3v) is 3.26. The van der Waals surface area contributed by atoms with Gasteiger partial charge in [-0.05, 0) is 39.3 Å². The summed E-state index contributed by atoms with van der Waals surface area (Å²) in [6.45, 7) is 3.14. The van der Waals surface area contributed by atoms with Gasteiger partial charge in [0.05, 0.1) is 12.6 Å². The zero-order valence-corrected chi connectivity index (χ0v) is 11.0. The van der Waals surface area contributed by atoms with Gasteiger partial charge in [0.25, 0.3) is 0 Å². The molecule has 1 fully saturated rings. The van der Waals surface area contributed by atoms with Gasteiger partial charge < -0.3 is 10.2 Å². The lowest BCUT2D eigenvalue weighted by Crippen LogP contribution is -2.43. The lowest BCUT2D eigenvalue weighted by molar-refractivity contribution is -0.134. The van der Waals surface area contributed by atoms with Gasteiger partial charge >= 0.3 is 0 Å². The van der Waals surface area contributed by atoms with Gasteiger partial charge in [-0.15, -0.1) is 0 Å². The van der Waals surface area contributed by atoms with Gasteiger partial charge in [-0.3, -0.25) is 4.79 Å². The van der Waals surface area contributed by atoms with Gasteiger partial charge in [0.2, 0.25) is 5.91 Å². The van der Waals surface area contributed by atoms with Crippen LogP contribution in [0.2, 0.25) is 0 Å². The van der Waals surface area contributed by atoms with Crippen LogP contribution in [-0.2, 0) is 4.79 Å². The Bertz CT molecular complexity index is 421. The molecule has 98 valence electrons. The first-order valence-corrected chi connectivity index (χ1v) is 6.46. The molecule has 5 heteroatoms. The number of aromatic nitrogens is 2. The minimum absolute atomic E-state index is 0.0412. The number of carbonyl (C=O) groups excluding carboxylic acids is 1. The molecule has 0 radical (unpaired) electrons. The highest BCUT2D eigenvalue weighted by Gasteiger charge is 2.29. The predicted octanol–water partition coefficient (Wildman–Crippen LogP) is 1.06. The van der Waals surface area contributed by atoms with E-state index in [1.165, 1.54) is 0 Å². The van der Waals surface area contributed by atoms with E-state index in [9.17, 15) is 4.79 Å². The van der Waals surface area contributed by atoms with Gasteiger partial charge in [-0.25, -0.2) is 9.97 Å². The van der Waals surface area contributed by atoms with E-state index in [0.29, 0.717) is 6.54 Å². The number of carbonyl (C=O) groups is 1. The maximum absolute atomic E-state index is 12.1. The van der Waals surface area contributed by atoms with Gasteiger partial charge in [-0.1, -0.05) is 0 Å². The van der Waals surface area contributed by atoms with Crippen LogP contribution in [0.1, 0.15) is 36.8 Å². The smallest absolute Gasteiger partial charge is 0.237 e. The number of rotatable bonds is 3. The Morgan fingerprint density at radius 1 is 1.56 bits per heavy atom. The molecule has 1 aromatic rings. The topological polar surface area (TPSA) is 58.1 Å². The van der Waals surface area contributed by atoms with Crippen LogP contribution in [0, 0.1) is 6.92 Å². The van der Waals surface area contributed by atoms with E-state index in [1.807, 2.05) is 17.9 Å². The van der Waals surface area contributed by atoms with Gasteiger partial charge in [0.1, 0.15) is 0 Å². The molecular weight excluding hydrogens is 228 g/mol. The molecule has 0 aromatic carbocycles. The number of hydrogen-bond acceptors (Lipinski definition) is 4. The minimum Gasteiger partial charge on any atom is -0.331 e. The zero-order valence-electron chi connectivity index (χ0n) is 11.0. The fourth-order valence-corrected chi connectivity index (χ4v) is 2.38. The second-order valence-corrected chi connectivity index (χ2v) is 4.69. The Morgan fingerprint density at radius 3 is 3.11 bits per heavy atom. The number of amides is 1. The second-order valence-electron chi connectivity index (χ2n) is 4.69. The summed E-state index contributed by atoms with van der Waals surface area (Å²) in [5, 5.41) is 2.92. The van der Waals surface area contributed by atoms with Crippen molar-refractivity contribution in [3.05, 3.63) is 23.8 Å². The zero-order chi connectivity index (χ0) is 13.0. The quantitative estimate of drug-likeness (QED) is 0.869. The lowest BCUT2D eigenvalue weighted by Gasteiger charge is -2.34. The summed E-state index contributed by atoms with van der Waals surface area (Å²) in [6, 6.07) is 1.92. The Labute approximate surface area is 108 Å². The van der Waals surface area contributed by atoms with Gasteiger partial charge in [0, 0.05) is 18.4 Å². The lowest BCUT2D eigenvalue weighted by atomic mass is 10.0. The fraction of sp³-hybridized carbons (Fsp3) is 0.615. The molecule has 1 aromatic heterocycles. The van der Waals surface area contributed by atoms with Crippen molar-refractivity contribution in [2.24, 2.45) is 0 Å². The first kappa shape index (κ1) is 13.0. The molecule has 1 amide bonds. The van der Waals surface area contributed by atoms with Crippen LogP contribution in [0.15, 0.2) is 12.3 Å². The van der Waals surface area contributed by atoms with Crippen molar-refractivity contribution >= 4 is 5.91 Å². The largest absolute Gasteiger partial charge is 0.331 e. The highest BCUT2D eigenvalue weighted by molar-refractivity contribution is 5.78. The first-order chi connectivity index (χ1) is 8.72. The molecule has 0 saturated carbocycles. The Morgan fingerprint density at radius 2 is 2.39 bits per heavy atom. The molecule has 0 unspecified atom stereocenters. The Balaban J connectivity index is 2.20. The summed E-state index contributed by atoms with van der Waals surface area (Å²) < 4.78 is 0. The minimum atomic E-state index is 0.0412.